The molecule has 1 aromatic heterocycles. The summed E-state index contributed by atoms with van der Waals surface area (Å²) in [7, 11) is 0. The molecule has 0 spiro atoms. The van der Waals surface area contributed by atoms with Crippen molar-refractivity contribution in [2.75, 3.05) is 5.32 Å². The molecule has 2 aromatic rings. The van der Waals surface area contributed by atoms with Crippen LogP contribution in [0.15, 0.2) is 39.9 Å². The van der Waals surface area contributed by atoms with Crippen LogP contribution in [0.25, 0.3) is 0 Å². The Morgan fingerprint density at radius 1 is 1.42 bits per heavy atom. The van der Waals surface area contributed by atoms with Gasteiger partial charge in [-0.05, 0) is 5.56 Å². The van der Waals surface area contributed by atoms with E-state index in [-0.39, 0.29) is 5.91 Å². The highest BCUT2D eigenvalue weighted by molar-refractivity contribution is 8.00. The molecule has 0 unspecified atom stereocenters. The van der Waals surface area contributed by atoms with Crippen molar-refractivity contribution >= 4 is 34.7 Å². The molecule has 0 radical (unpaired) electrons. The van der Waals surface area contributed by atoms with Gasteiger partial charge in [0.1, 0.15) is 11.6 Å². The topological polar surface area (TPSA) is 52.9 Å². The van der Waals surface area contributed by atoms with Crippen molar-refractivity contribution in [2.45, 2.75) is 16.9 Å². The van der Waals surface area contributed by atoms with Crippen molar-refractivity contribution in [3.05, 3.63) is 46.8 Å². The Morgan fingerprint density at radius 3 is 2.79 bits per heavy atom. The molecular formula is C14H12N2OS2. The molecule has 1 amide bonds. The third-order valence-corrected chi connectivity index (χ3v) is 4.75. The van der Waals surface area contributed by atoms with E-state index in [2.05, 4.69) is 23.5 Å². The Hall–Kier alpha value is -1.77. The summed E-state index contributed by atoms with van der Waals surface area (Å²) in [6.07, 6.45) is 0. The number of amides is 1. The van der Waals surface area contributed by atoms with Crippen LogP contribution in [0.5, 0.6) is 0 Å². The first-order chi connectivity index (χ1) is 9.20. The number of rotatable bonds is 4. The molecular weight excluding hydrogens is 276 g/mol. The third-order valence-electron chi connectivity index (χ3n) is 2.39. The molecule has 1 aromatic carbocycles. The molecule has 1 heterocycles. The zero-order chi connectivity index (χ0) is 13.7. The smallest absolute Gasteiger partial charge is 0.221 e. The minimum atomic E-state index is -0.158. The predicted molar refractivity (Wildman–Crippen MR) is 79.3 cm³/mol. The van der Waals surface area contributed by atoms with Gasteiger partial charge in [-0.2, -0.15) is 5.26 Å². The van der Waals surface area contributed by atoms with Crippen LogP contribution in [0.3, 0.4) is 0 Å². The van der Waals surface area contributed by atoms with Crippen LogP contribution in [0.2, 0.25) is 0 Å². The maximum absolute atomic E-state index is 11.0. The molecule has 19 heavy (non-hydrogen) atoms. The van der Waals surface area contributed by atoms with Crippen molar-refractivity contribution in [3.8, 4) is 6.07 Å². The second-order valence-corrected chi connectivity index (χ2v) is 6.00. The number of nitrogens with zero attached hydrogens (tertiary/aromatic N) is 1. The summed E-state index contributed by atoms with van der Waals surface area (Å²) in [4.78, 5) is 11.0. The van der Waals surface area contributed by atoms with Crippen molar-refractivity contribution in [1.29, 1.82) is 5.26 Å². The lowest BCUT2D eigenvalue weighted by Crippen LogP contribution is -2.05. The average molecular weight is 288 g/mol. The van der Waals surface area contributed by atoms with E-state index in [9.17, 15) is 10.1 Å². The van der Waals surface area contributed by atoms with Crippen molar-refractivity contribution in [1.82, 2.24) is 0 Å². The van der Waals surface area contributed by atoms with Crippen molar-refractivity contribution in [2.24, 2.45) is 0 Å². The highest BCUT2D eigenvalue weighted by atomic mass is 32.2. The number of benzene rings is 1. The molecule has 0 aliphatic rings. The van der Waals surface area contributed by atoms with Gasteiger partial charge in [-0.3, -0.25) is 4.79 Å². The van der Waals surface area contributed by atoms with Gasteiger partial charge in [-0.1, -0.05) is 30.3 Å². The van der Waals surface area contributed by atoms with Gasteiger partial charge in [-0.15, -0.1) is 23.1 Å². The lowest BCUT2D eigenvalue weighted by molar-refractivity contribution is -0.114. The predicted octanol–water partition coefficient (Wildman–Crippen LogP) is 3.87. The largest absolute Gasteiger partial charge is 0.324 e. The fourth-order valence-electron chi connectivity index (χ4n) is 1.56. The summed E-state index contributed by atoms with van der Waals surface area (Å²) < 4.78 is 0.940. The Bertz CT molecular complexity index is 614. The number of hydrogen-bond acceptors (Lipinski definition) is 4. The van der Waals surface area contributed by atoms with Crippen molar-refractivity contribution < 1.29 is 4.79 Å². The highest BCUT2D eigenvalue weighted by Gasteiger charge is 2.12. The number of carbonyl (C=O) groups is 1. The molecule has 0 atom stereocenters. The van der Waals surface area contributed by atoms with Gasteiger partial charge in [0.2, 0.25) is 5.91 Å². The van der Waals surface area contributed by atoms with Gasteiger partial charge in [0.05, 0.1) is 9.90 Å². The van der Waals surface area contributed by atoms with Crippen LogP contribution < -0.4 is 5.32 Å². The van der Waals surface area contributed by atoms with E-state index in [1.165, 1.54) is 23.8 Å². The Labute approximate surface area is 120 Å². The normalized spacial score (nSPS) is 9.89. The van der Waals surface area contributed by atoms with Crippen molar-refractivity contribution in [3.63, 3.8) is 0 Å². The van der Waals surface area contributed by atoms with Crippen LogP contribution >= 0.6 is 23.1 Å². The van der Waals surface area contributed by atoms with E-state index in [0.29, 0.717) is 11.3 Å². The molecule has 3 nitrogen and oxygen atoms in total. The van der Waals surface area contributed by atoms with Crippen LogP contribution in [0.4, 0.5) is 5.69 Å². The van der Waals surface area contributed by atoms with E-state index in [4.69, 9.17) is 0 Å². The molecule has 1 N–H and O–H groups in total. The first-order valence-corrected chi connectivity index (χ1v) is 7.53. The van der Waals surface area contributed by atoms with Gasteiger partial charge in [0.25, 0.3) is 0 Å². The number of nitrogens with one attached hydrogen (secondary N) is 1. The molecule has 0 aliphatic carbocycles. The number of thiophene rings is 1. The van der Waals surface area contributed by atoms with Crippen LogP contribution in [0, 0.1) is 11.3 Å². The SMILES string of the molecule is CC(=O)Nc1csc(SCc2ccccc2)c1C#N. The number of nitriles is 1. The summed E-state index contributed by atoms with van der Waals surface area (Å²) >= 11 is 3.11. The molecule has 0 aliphatic heterocycles. The minimum Gasteiger partial charge on any atom is -0.324 e. The minimum absolute atomic E-state index is 0.158. The number of hydrogen-bond donors (Lipinski definition) is 1. The monoisotopic (exact) mass is 288 g/mol. The molecule has 96 valence electrons. The third kappa shape index (κ3) is 3.60. The number of thioether (sulfide) groups is 1. The quantitative estimate of drug-likeness (QED) is 0.869. The zero-order valence-corrected chi connectivity index (χ0v) is 12.0. The second-order valence-electron chi connectivity index (χ2n) is 3.88. The Balaban J connectivity index is 2.11. The molecule has 5 heteroatoms. The first kappa shape index (κ1) is 13.7. The zero-order valence-electron chi connectivity index (χ0n) is 10.3. The van der Waals surface area contributed by atoms with E-state index < -0.39 is 0 Å². The second kappa shape index (κ2) is 6.41. The molecule has 0 saturated heterocycles. The number of carbonyl (C=O) groups excluding carboxylic acids is 1. The molecule has 0 bridgehead atoms. The Morgan fingerprint density at radius 2 is 2.16 bits per heavy atom. The van der Waals surface area contributed by atoms with Crippen LogP contribution in [0.1, 0.15) is 18.1 Å². The summed E-state index contributed by atoms with van der Waals surface area (Å²) in [6, 6.07) is 12.3. The summed E-state index contributed by atoms with van der Waals surface area (Å²) in [5.41, 5.74) is 2.38. The van der Waals surface area contributed by atoms with Gasteiger partial charge < -0.3 is 5.32 Å². The fraction of sp³-hybridized carbons (Fsp3) is 0.143. The van der Waals surface area contributed by atoms with E-state index in [0.717, 1.165) is 9.96 Å². The van der Waals surface area contributed by atoms with Gasteiger partial charge in [-0.25, -0.2) is 0 Å². The maximum Gasteiger partial charge on any atom is 0.221 e. The standard InChI is InChI=1S/C14H12N2OS2/c1-10(17)16-13-9-19-14(12(13)7-15)18-8-11-5-3-2-4-6-11/h2-6,9H,8H2,1H3,(H,16,17). The lowest BCUT2D eigenvalue weighted by atomic mass is 10.2. The summed E-state index contributed by atoms with van der Waals surface area (Å²) in [6.45, 7) is 1.44. The van der Waals surface area contributed by atoms with Crippen LogP contribution in [-0.4, -0.2) is 5.91 Å². The summed E-state index contributed by atoms with van der Waals surface area (Å²) in [5.74, 6) is 0.657. The van der Waals surface area contributed by atoms with Gasteiger partial charge in [0, 0.05) is 18.1 Å². The van der Waals surface area contributed by atoms with Gasteiger partial charge >= 0.3 is 0 Å². The van der Waals surface area contributed by atoms with E-state index in [1.807, 2.05) is 23.6 Å². The number of anilines is 1. The fourth-order valence-corrected chi connectivity index (χ4v) is 3.62. The highest BCUT2D eigenvalue weighted by Crippen LogP contribution is 2.36. The lowest BCUT2D eigenvalue weighted by Gasteiger charge is -2.01. The maximum atomic E-state index is 11.0. The van der Waals surface area contributed by atoms with Crippen LogP contribution in [-0.2, 0) is 10.5 Å². The van der Waals surface area contributed by atoms with E-state index in [1.54, 1.807) is 11.8 Å². The van der Waals surface area contributed by atoms with E-state index >= 15 is 0 Å². The first-order valence-electron chi connectivity index (χ1n) is 5.66. The molecule has 2 rings (SSSR count). The molecule has 0 fully saturated rings. The summed E-state index contributed by atoms with van der Waals surface area (Å²) in [5, 5.41) is 13.7. The average Bonchev–Trinajstić information content (AvgIpc) is 2.78. The van der Waals surface area contributed by atoms with Gasteiger partial charge in [0.15, 0.2) is 0 Å². The Kier molecular flexibility index (Phi) is 4.61. The molecule has 0 saturated carbocycles.